The molecule has 0 radical (unpaired) electrons. The van der Waals surface area contributed by atoms with Crippen molar-refractivity contribution in [3.8, 4) is 0 Å². The molecule has 3 rings (SSSR count). The summed E-state index contributed by atoms with van der Waals surface area (Å²) in [6.45, 7) is 4.18. The van der Waals surface area contributed by atoms with Crippen LogP contribution in [-0.4, -0.2) is 11.8 Å². The van der Waals surface area contributed by atoms with Gasteiger partial charge in [-0.05, 0) is 48.6 Å². The third kappa shape index (κ3) is 4.47. The maximum absolute atomic E-state index is 12.6. The van der Waals surface area contributed by atoms with Gasteiger partial charge in [-0.25, -0.2) is 0 Å². The Morgan fingerprint density at radius 1 is 0.960 bits per heavy atom. The van der Waals surface area contributed by atoms with Crippen LogP contribution < -0.4 is 10.6 Å². The number of amides is 2. The van der Waals surface area contributed by atoms with E-state index in [0.29, 0.717) is 5.56 Å². The molecule has 25 heavy (non-hydrogen) atoms. The van der Waals surface area contributed by atoms with Gasteiger partial charge in [0.1, 0.15) is 0 Å². The molecular weight excluding hydrogens is 312 g/mol. The van der Waals surface area contributed by atoms with Crippen LogP contribution in [0.25, 0.3) is 0 Å². The van der Waals surface area contributed by atoms with Gasteiger partial charge in [-0.2, -0.15) is 0 Å². The van der Waals surface area contributed by atoms with E-state index in [-0.39, 0.29) is 29.7 Å². The van der Waals surface area contributed by atoms with E-state index in [0.717, 1.165) is 24.1 Å². The molecule has 2 N–H and O–H groups in total. The molecule has 1 unspecified atom stereocenters. The highest BCUT2D eigenvalue weighted by atomic mass is 16.2. The molecule has 0 spiro atoms. The Bertz CT molecular complexity index is 734. The fourth-order valence-corrected chi connectivity index (χ4v) is 2.81. The number of hydrogen-bond donors (Lipinski definition) is 2. The van der Waals surface area contributed by atoms with Gasteiger partial charge < -0.3 is 10.6 Å². The molecule has 4 nitrogen and oxygen atoms in total. The summed E-state index contributed by atoms with van der Waals surface area (Å²) in [4.78, 5) is 24.4. The quantitative estimate of drug-likeness (QED) is 0.832. The monoisotopic (exact) mass is 336 g/mol. The molecule has 0 aromatic heterocycles. The molecule has 0 heterocycles. The van der Waals surface area contributed by atoms with Crippen molar-refractivity contribution in [1.82, 2.24) is 5.32 Å². The standard InChI is InChI=1S/C21H24N2O2/c1-14(2)19(15-6-4-3-5-7-15)23-21(25)17-10-12-18(13-11-17)22-20(24)16-8-9-16/h3-7,10-14,16,19H,8-9H2,1-2H3,(H,22,24)(H,23,25). The lowest BCUT2D eigenvalue weighted by Crippen LogP contribution is -2.31. The van der Waals surface area contributed by atoms with Crippen LogP contribution in [0.4, 0.5) is 5.69 Å². The van der Waals surface area contributed by atoms with Gasteiger partial charge in [0.05, 0.1) is 6.04 Å². The molecule has 0 bridgehead atoms. The number of benzene rings is 2. The molecule has 130 valence electrons. The first-order chi connectivity index (χ1) is 12.0. The van der Waals surface area contributed by atoms with E-state index in [9.17, 15) is 9.59 Å². The van der Waals surface area contributed by atoms with Crippen LogP contribution in [0.2, 0.25) is 0 Å². The predicted octanol–water partition coefficient (Wildman–Crippen LogP) is 4.16. The summed E-state index contributed by atoms with van der Waals surface area (Å²) < 4.78 is 0. The third-order valence-corrected chi connectivity index (χ3v) is 4.47. The van der Waals surface area contributed by atoms with Gasteiger partial charge in [0, 0.05) is 17.2 Å². The van der Waals surface area contributed by atoms with Crippen molar-refractivity contribution in [2.75, 3.05) is 5.32 Å². The number of nitrogens with one attached hydrogen (secondary N) is 2. The largest absolute Gasteiger partial charge is 0.345 e. The van der Waals surface area contributed by atoms with E-state index in [1.165, 1.54) is 0 Å². The van der Waals surface area contributed by atoms with Crippen LogP contribution in [0, 0.1) is 11.8 Å². The minimum absolute atomic E-state index is 0.0389. The van der Waals surface area contributed by atoms with E-state index >= 15 is 0 Å². The summed E-state index contributed by atoms with van der Waals surface area (Å²) in [5, 5.41) is 6.00. The van der Waals surface area contributed by atoms with Crippen LogP contribution >= 0.6 is 0 Å². The van der Waals surface area contributed by atoms with Crippen LogP contribution in [0.3, 0.4) is 0 Å². The average molecular weight is 336 g/mol. The predicted molar refractivity (Wildman–Crippen MR) is 99.3 cm³/mol. The molecule has 0 saturated heterocycles. The van der Waals surface area contributed by atoms with Gasteiger partial charge in [-0.15, -0.1) is 0 Å². The lowest BCUT2D eigenvalue weighted by molar-refractivity contribution is -0.117. The van der Waals surface area contributed by atoms with E-state index in [4.69, 9.17) is 0 Å². The number of hydrogen-bond acceptors (Lipinski definition) is 2. The fraction of sp³-hybridized carbons (Fsp3) is 0.333. The first-order valence-corrected chi connectivity index (χ1v) is 8.81. The normalized spacial score (nSPS) is 14.8. The van der Waals surface area contributed by atoms with Crippen molar-refractivity contribution in [3.05, 3.63) is 65.7 Å². The van der Waals surface area contributed by atoms with Crippen LogP contribution in [0.5, 0.6) is 0 Å². The summed E-state index contributed by atoms with van der Waals surface area (Å²) >= 11 is 0. The highest BCUT2D eigenvalue weighted by Crippen LogP contribution is 2.30. The molecule has 2 aromatic rings. The van der Waals surface area contributed by atoms with Gasteiger partial charge in [0.25, 0.3) is 5.91 Å². The van der Waals surface area contributed by atoms with Gasteiger partial charge in [-0.3, -0.25) is 9.59 Å². The van der Waals surface area contributed by atoms with Gasteiger partial charge in [-0.1, -0.05) is 44.2 Å². The molecule has 1 aliphatic carbocycles. The lowest BCUT2D eigenvalue weighted by Gasteiger charge is -2.23. The molecule has 2 aromatic carbocycles. The van der Waals surface area contributed by atoms with Crippen molar-refractivity contribution < 1.29 is 9.59 Å². The number of anilines is 1. The van der Waals surface area contributed by atoms with Gasteiger partial charge >= 0.3 is 0 Å². The second-order valence-electron chi connectivity index (χ2n) is 6.95. The van der Waals surface area contributed by atoms with Crippen LogP contribution in [0.15, 0.2) is 54.6 Å². The summed E-state index contributed by atoms with van der Waals surface area (Å²) in [5.74, 6) is 0.410. The molecule has 4 heteroatoms. The fourth-order valence-electron chi connectivity index (χ4n) is 2.81. The van der Waals surface area contributed by atoms with Crippen molar-refractivity contribution in [3.63, 3.8) is 0 Å². The number of rotatable bonds is 6. The van der Waals surface area contributed by atoms with Gasteiger partial charge in [0.2, 0.25) is 5.91 Å². The number of carbonyl (C=O) groups excluding carboxylic acids is 2. The van der Waals surface area contributed by atoms with Crippen molar-refractivity contribution in [1.29, 1.82) is 0 Å². The van der Waals surface area contributed by atoms with Gasteiger partial charge in [0.15, 0.2) is 0 Å². The summed E-state index contributed by atoms with van der Waals surface area (Å²) in [6.07, 6.45) is 1.95. The SMILES string of the molecule is CC(C)C(NC(=O)c1ccc(NC(=O)C2CC2)cc1)c1ccccc1. The highest BCUT2D eigenvalue weighted by Gasteiger charge is 2.29. The Hall–Kier alpha value is -2.62. The minimum atomic E-state index is -0.109. The Morgan fingerprint density at radius 3 is 2.16 bits per heavy atom. The molecule has 1 saturated carbocycles. The van der Waals surface area contributed by atoms with E-state index in [1.807, 2.05) is 30.3 Å². The Kier molecular flexibility index (Phi) is 5.17. The topological polar surface area (TPSA) is 58.2 Å². The zero-order chi connectivity index (χ0) is 17.8. The van der Waals surface area contributed by atoms with Crippen molar-refractivity contribution in [2.24, 2.45) is 11.8 Å². The van der Waals surface area contributed by atoms with Crippen LogP contribution in [0.1, 0.15) is 48.7 Å². The molecule has 0 aliphatic heterocycles. The molecule has 1 atom stereocenters. The summed E-state index contributed by atoms with van der Waals surface area (Å²) in [7, 11) is 0. The zero-order valence-electron chi connectivity index (χ0n) is 14.7. The zero-order valence-corrected chi connectivity index (χ0v) is 14.7. The first-order valence-electron chi connectivity index (χ1n) is 8.81. The smallest absolute Gasteiger partial charge is 0.251 e. The minimum Gasteiger partial charge on any atom is -0.345 e. The van der Waals surface area contributed by atoms with E-state index < -0.39 is 0 Å². The van der Waals surface area contributed by atoms with E-state index in [2.05, 4.69) is 24.5 Å². The van der Waals surface area contributed by atoms with Crippen molar-refractivity contribution >= 4 is 17.5 Å². The number of carbonyl (C=O) groups is 2. The molecular formula is C21H24N2O2. The van der Waals surface area contributed by atoms with Crippen molar-refractivity contribution in [2.45, 2.75) is 32.7 Å². The summed E-state index contributed by atoms with van der Waals surface area (Å²) in [6, 6.07) is 17.0. The Labute approximate surface area is 148 Å². The summed E-state index contributed by atoms with van der Waals surface area (Å²) in [5.41, 5.74) is 2.42. The molecule has 2 amide bonds. The van der Waals surface area contributed by atoms with E-state index in [1.54, 1.807) is 24.3 Å². The molecule has 1 fully saturated rings. The first kappa shape index (κ1) is 17.2. The lowest BCUT2D eigenvalue weighted by atomic mass is 9.95. The maximum atomic E-state index is 12.6. The average Bonchev–Trinajstić information content (AvgIpc) is 3.46. The van der Waals surface area contributed by atoms with Crippen LogP contribution in [-0.2, 0) is 4.79 Å². The highest BCUT2D eigenvalue weighted by molar-refractivity contribution is 5.97. The maximum Gasteiger partial charge on any atom is 0.251 e. The third-order valence-electron chi connectivity index (χ3n) is 4.47. The second-order valence-corrected chi connectivity index (χ2v) is 6.95. The molecule has 1 aliphatic rings. The Morgan fingerprint density at radius 2 is 1.60 bits per heavy atom. The second kappa shape index (κ2) is 7.51. The Balaban J connectivity index is 1.66.